The summed E-state index contributed by atoms with van der Waals surface area (Å²) in [6, 6.07) is 6.61. The lowest BCUT2D eigenvalue weighted by atomic mass is 9.88. The molecule has 0 amide bonds. The quantitative estimate of drug-likeness (QED) is 0.442. The molecule has 5 heteroatoms. The minimum atomic E-state index is -0.0606. The Labute approximate surface area is 194 Å². The first-order valence-corrected chi connectivity index (χ1v) is 11.6. The van der Waals surface area contributed by atoms with Gasteiger partial charge in [-0.05, 0) is 55.2 Å². The fourth-order valence-electron chi connectivity index (χ4n) is 5.59. The summed E-state index contributed by atoms with van der Waals surface area (Å²) >= 11 is 0. The standard InChI is InChI=1S/C28H32NO4/c1-29-16-22-18(13-14-23(30-2)27(22)32-4)20-12-11-19-21(26(20)29)15-24(31-3)28(33-5)25(19)17-9-7-6-8-10-17/h9,11-13,15-16,23H,6-8,10,14H2,1-5H3/q+1. The summed E-state index contributed by atoms with van der Waals surface area (Å²) in [5, 5.41) is 5.84. The van der Waals surface area contributed by atoms with Crippen molar-refractivity contribution in [3.05, 3.63) is 46.5 Å². The Bertz CT molecular complexity index is 1400. The predicted octanol–water partition coefficient (Wildman–Crippen LogP) is 3.75. The highest BCUT2D eigenvalue weighted by Crippen LogP contribution is 2.44. The largest absolute Gasteiger partial charge is 0.497 e. The molecule has 5 nitrogen and oxygen atoms in total. The normalized spacial score (nSPS) is 18.0. The Hall–Kier alpha value is -3.05. The van der Waals surface area contributed by atoms with E-state index in [2.05, 4.69) is 48.2 Å². The lowest BCUT2D eigenvalue weighted by molar-refractivity contribution is -0.644. The number of aromatic nitrogens is 1. The number of methoxy groups -OCH3 is 4. The summed E-state index contributed by atoms with van der Waals surface area (Å²) < 4.78 is 25.4. The van der Waals surface area contributed by atoms with Crippen LogP contribution >= 0.6 is 0 Å². The lowest BCUT2D eigenvalue weighted by Gasteiger charge is -2.21. The number of rotatable bonds is 5. The number of pyridine rings is 1. The van der Waals surface area contributed by atoms with Crippen molar-refractivity contribution in [2.45, 2.75) is 38.2 Å². The van der Waals surface area contributed by atoms with Crippen LogP contribution in [0.1, 0.15) is 37.7 Å². The molecule has 2 aliphatic carbocycles. The molecule has 0 radical (unpaired) electrons. The van der Waals surface area contributed by atoms with Crippen LogP contribution in [-0.2, 0) is 16.5 Å². The summed E-state index contributed by atoms with van der Waals surface area (Å²) in [5.74, 6) is 2.47. The molecular weight excluding hydrogens is 414 g/mol. The fraction of sp³-hybridized carbons (Fsp3) is 0.393. The number of aryl methyl sites for hydroxylation is 1. The minimum Gasteiger partial charge on any atom is -0.497 e. The maximum Gasteiger partial charge on any atom is 0.220 e. The maximum atomic E-state index is 5.90. The van der Waals surface area contributed by atoms with Gasteiger partial charge >= 0.3 is 0 Å². The number of hydrogen-bond donors (Lipinski definition) is 0. The first-order chi connectivity index (χ1) is 16.1. The second kappa shape index (κ2) is 8.71. The van der Waals surface area contributed by atoms with E-state index in [1.807, 2.05) is 0 Å². The summed E-state index contributed by atoms with van der Waals surface area (Å²) in [7, 11) is 9.01. The van der Waals surface area contributed by atoms with Crippen LogP contribution in [0.3, 0.4) is 0 Å². The Kier molecular flexibility index (Phi) is 5.75. The second-order valence-corrected chi connectivity index (χ2v) is 8.82. The molecule has 5 rings (SSSR count). The zero-order valence-electron chi connectivity index (χ0n) is 20.2. The van der Waals surface area contributed by atoms with E-state index in [1.165, 1.54) is 45.5 Å². The van der Waals surface area contributed by atoms with E-state index in [4.69, 9.17) is 18.9 Å². The summed E-state index contributed by atoms with van der Waals surface area (Å²) in [5.41, 5.74) is 3.69. The van der Waals surface area contributed by atoms with Crippen molar-refractivity contribution in [1.82, 2.24) is 0 Å². The van der Waals surface area contributed by atoms with Gasteiger partial charge in [0.1, 0.15) is 18.9 Å². The van der Waals surface area contributed by atoms with Gasteiger partial charge in [-0.25, -0.2) is 0 Å². The van der Waals surface area contributed by atoms with Crippen LogP contribution in [0.4, 0.5) is 0 Å². The summed E-state index contributed by atoms with van der Waals surface area (Å²) in [6.45, 7) is 0. The van der Waals surface area contributed by atoms with Gasteiger partial charge in [0, 0.05) is 17.9 Å². The van der Waals surface area contributed by atoms with Crippen molar-refractivity contribution in [3.63, 3.8) is 0 Å². The average molecular weight is 447 g/mol. The summed E-state index contributed by atoms with van der Waals surface area (Å²) in [4.78, 5) is 0. The number of ether oxygens (including phenoxy) is 4. The van der Waals surface area contributed by atoms with Gasteiger partial charge in [-0.3, -0.25) is 0 Å². The molecule has 1 atom stereocenters. The van der Waals surface area contributed by atoms with E-state index >= 15 is 0 Å². The third kappa shape index (κ3) is 3.37. The molecule has 172 valence electrons. The van der Waals surface area contributed by atoms with E-state index in [0.29, 0.717) is 0 Å². The molecule has 33 heavy (non-hydrogen) atoms. The van der Waals surface area contributed by atoms with Crippen LogP contribution in [-0.4, -0.2) is 34.5 Å². The van der Waals surface area contributed by atoms with E-state index in [-0.39, 0.29) is 6.10 Å². The van der Waals surface area contributed by atoms with E-state index in [9.17, 15) is 0 Å². The van der Waals surface area contributed by atoms with Crippen molar-refractivity contribution in [2.24, 2.45) is 7.05 Å². The third-order valence-electron chi connectivity index (χ3n) is 7.10. The monoisotopic (exact) mass is 446 g/mol. The van der Waals surface area contributed by atoms with Crippen molar-refractivity contribution in [1.29, 1.82) is 0 Å². The zero-order valence-corrected chi connectivity index (χ0v) is 20.2. The molecule has 0 saturated heterocycles. The van der Waals surface area contributed by atoms with Crippen LogP contribution in [0.2, 0.25) is 0 Å². The third-order valence-corrected chi connectivity index (χ3v) is 7.10. The van der Waals surface area contributed by atoms with E-state index < -0.39 is 0 Å². The highest BCUT2D eigenvalue weighted by molar-refractivity contribution is 6.10. The van der Waals surface area contributed by atoms with Gasteiger partial charge in [0.05, 0.1) is 37.3 Å². The molecule has 0 bridgehead atoms. The van der Waals surface area contributed by atoms with Gasteiger partial charge in [0.2, 0.25) is 5.52 Å². The Morgan fingerprint density at radius 1 is 0.909 bits per heavy atom. The number of nitrogens with zero attached hydrogens (tertiary/aromatic N) is 1. The van der Waals surface area contributed by atoms with Gasteiger partial charge in [-0.1, -0.05) is 18.2 Å². The van der Waals surface area contributed by atoms with E-state index in [0.717, 1.165) is 47.1 Å². The molecule has 2 aromatic carbocycles. The zero-order chi connectivity index (χ0) is 23.1. The topological polar surface area (TPSA) is 40.8 Å². The minimum absolute atomic E-state index is 0.0606. The number of allylic oxidation sites excluding steroid dienone is 2. The highest BCUT2D eigenvalue weighted by atomic mass is 16.5. The fourth-order valence-corrected chi connectivity index (χ4v) is 5.59. The van der Waals surface area contributed by atoms with Crippen LogP contribution in [0.15, 0.2) is 30.5 Å². The Balaban J connectivity index is 1.93. The smallest absolute Gasteiger partial charge is 0.220 e. The molecule has 2 aliphatic rings. The number of hydrogen-bond acceptors (Lipinski definition) is 4. The average Bonchev–Trinajstić information content (AvgIpc) is 2.86. The van der Waals surface area contributed by atoms with Crippen molar-refractivity contribution >= 4 is 39.1 Å². The van der Waals surface area contributed by atoms with Gasteiger partial charge in [-0.2, -0.15) is 4.57 Å². The molecule has 1 heterocycles. The Morgan fingerprint density at radius 2 is 1.73 bits per heavy atom. The molecule has 3 aromatic rings. The van der Waals surface area contributed by atoms with Crippen LogP contribution in [0, 0.1) is 0 Å². The first-order valence-electron chi connectivity index (χ1n) is 11.6. The second-order valence-electron chi connectivity index (χ2n) is 8.82. The lowest BCUT2D eigenvalue weighted by Crippen LogP contribution is -2.45. The van der Waals surface area contributed by atoms with Crippen LogP contribution in [0.5, 0.6) is 11.5 Å². The predicted molar refractivity (Wildman–Crippen MR) is 132 cm³/mol. The highest BCUT2D eigenvalue weighted by Gasteiger charge is 2.26. The SMILES string of the molecule is COC1=c2c[n+](C)c3c(ccc4c(C5=CCCCC5)c(OC)c(OC)cc43)c2=CCC1OC. The van der Waals surface area contributed by atoms with Crippen molar-refractivity contribution in [2.75, 3.05) is 28.4 Å². The van der Waals surface area contributed by atoms with E-state index in [1.54, 1.807) is 28.4 Å². The molecular formula is C28H32NO4+. The molecule has 0 N–H and O–H groups in total. The van der Waals surface area contributed by atoms with Gasteiger partial charge in [-0.15, -0.1) is 0 Å². The molecule has 0 aliphatic heterocycles. The molecule has 0 fully saturated rings. The van der Waals surface area contributed by atoms with Crippen molar-refractivity contribution < 1.29 is 23.5 Å². The van der Waals surface area contributed by atoms with Crippen LogP contribution in [0.25, 0.3) is 39.1 Å². The van der Waals surface area contributed by atoms with Gasteiger partial charge < -0.3 is 18.9 Å². The molecule has 1 unspecified atom stereocenters. The Morgan fingerprint density at radius 3 is 2.39 bits per heavy atom. The first kappa shape index (κ1) is 21.8. The molecule has 1 aromatic heterocycles. The number of benzene rings is 2. The van der Waals surface area contributed by atoms with Gasteiger partial charge in [0.25, 0.3) is 0 Å². The number of fused-ring (bicyclic) bond motifs is 5. The molecule has 0 saturated carbocycles. The van der Waals surface area contributed by atoms with Crippen molar-refractivity contribution in [3.8, 4) is 11.5 Å². The maximum absolute atomic E-state index is 5.90. The molecule has 0 spiro atoms. The van der Waals surface area contributed by atoms with Gasteiger partial charge in [0.15, 0.2) is 17.7 Å². The van der Waals surface area contributed by atoms with Crippen LogP contribution < -0.4 is 24.5 Å². The summed E-state index contributed by atoms with van der Waals surface area (Å²) in [6.07, 6.45) is 12.1.